The average Bonchev–Trinajstić information content (AvgIpc) is 2.71. The van der Waals surface area contributed by atoms with Crippen molar-refractivity contribution < 1.29 is 23.7 Å². The zero-order chi connectivity index (χ0) is 22.0. The zero-order valence-electron chi connectivity index (χ0n) is 17.4. The quantitative estimate of drug-likeness (QED) is 0.477. The van der Waals surface area contributed by atoms with Crippen LogP contribution < -0.4 is 36.1 Å². The van der Waals surface area contributed by atoms with E-state index in [2.05, 4.69) is 5.73 Å². The maximum absolute atomic E-state index is 9.80. The Morgan fingerprint density at radius 2 is 1.34 bits per heavy atom. The molecule has 1 amide bonds. The molecule has 0 aliphatic carbocycles. The third-order valence-corrected chi connectivity index (χ3v) is 3.86. The topological polar surface area (TPSA) is 132 Å². The van der Waals surface area contributed by atoms with Gasteiger partial charge in [-0.05, 0) is 42.3 Å². The van der Waals surface area contributed by atoms with Gasteiger partial charge in [-0.3, -0.25) is 4.79 Å². The molecule has 0 fully saturated rings. The number of anilines is 1. The van der Waals surface area contributed by atoms with Crippen molar-refractivity contribution >= 4 is 23.7 Å². The molecule has 158 valence electrons. The number of amides is 1. The van der Waals surface area contributed by atoms with Crippen LogP contribution in [0.4, 0.5) is 5.69 Å². The predicted octanol–water partition coefficient (Wildman–Crippen LogP) is 2.29. The minimum Gasteiger partial charge on any atom is -0.495 e. The Balaban J connectivity index is 0.000000612. The van der Waals surface area contributed by atoms with Crippen molar-refractivity contribution in [3.05, 3.63) is 41.5 Å². The summed E-state index contributed by atoms with van der Waals surface area (Å²) in [5, 5.41) is 0. The van der Waals surface area contributed by atoms with Gasteiger partial charge in [0, 0.05) is 0 Å². The minimum atomic E-state index is -0.509. The second-order valence-corrected chi connectivity index (χ2v) is 5.98. The number of ether oxygens (including phenoxy) is 4. The maximum atomic E-state index is 9.80. The Hall–Kier alpha value is -3.39. The van der Waals surface area contributed by atoms with E-state index in [0.29, 0.717) is 28.7 Å². The van der Waals surface area contributed by atoms with E-state index in [1.807, 2.05) is 42.5 Å². The molecule has 0 aliphatic rings. The fourth-order valence-corrected chi connectivity index (χ4v) is 2.25. The van der Waals surface area contributed by atoms with Gasteiger partial charge in [-0.2, -0.15) is 0 Å². The first-order valence-corrected chi connectivity index (χ1v) is 8.73. The van der Waals surface area contributed by atoms with E-state index in [-0.39, 0.29) is 0 Å². The van der Waals surface area contributed by atoms with E-state index in [0.717, 1.165) is 11.1 Å². The van der Waals surface area contributed by atoms with Crippen LogP contribution in [0.5, 0.6) is 23.0 Å². The number of carbonyl (C=O) groups excluding carboxylic acids is 1. The molecule has 6 N–H and O–H groups in total. The van der Waals surface area contributed by atoms with Crippen molar-refractivity contribution in [2.75, 3.05) is 34.2 Å². The zero-order valence-corrected chi connectivity index (χ0v) is 17.4. The number of nitrogens with two attached hydrogens (primary N) is 3. The second-order valence-electron chi connectivity index (χ2n) is 5.98. The van der Waals surface area contributed by atoms with E-state index >= 15 is 0 Å². The average molecular weight is 403 g/mol. The molecule has 2 rings (SSSR count). The number of hydrogen-bond donors (Lipinski definition) is 3. The van der Waals surface area contributed by atoms with Crippen molar-refractivity contribution in [3.63, 3.8) is 0 Å². The summed E-state index contributed by atoms with van der Waals surface area (Å²) in [7, 11) is 6.36. The molecule has 0 saturated heterocycles. The summed E-state index contributed by atoms with van der Waals surface area (Å²) >= 11 is 0. The molecule has 0 aromatic heterocycles. The number of carbonyl (C=O) groups is 1. The summed E-state index contributed by atoms with van der Waals surface area (Å²) in [6.07, 6.45) is 3.90. The number of hydrogen-bond acceptors (Lipinski definition) is 7. The molecule has 0 radical (unpaired) electrons. The maximum Gasteiger partial charge on any atom is 0.234 e. The lowest BCUT2D eigenvalue weighted by Crippen LogP contribution is -2.32. The highest BCUT2D eigenvalue weighted by Crippen LogP contribution is 2.38. The monoisotopic (exact) mass is 403 g/mol. The van der Waals surface area contributed by atoms with Crippen LogP contribution in [0, 0.1) is 0 Å². The van der Waals surface area contributed by atoms with Crippen LogP contribution in [-0.4, -0.2) is 40.4 Å². The fourth-order valence-electron chi connectivity index (χ4n) is 2.25. The molecule has 1 atom stereocenters. The number of benzene rings is 2. The standard InChI is InChI=1S/C18H21NO4.C3H8N2O/c1-20-15-8-7-12(9-14(15)19)5-6-13-10-16(21-2)18(23-4)17(11-13)22-3;1-2(4)3(5)6/h5-11H,19H2,1-4H3;2H,4H2,1H3,(H2,5,6)/t;2-/m.1/s1. The van der Waals surface area contributed by atoms with Crippen LogP contribution in [0.2, 0.25) is 0 Å². The van der Waals surface area contributed by atoms with Crippen molar-refractivity contribution in [1.82, 2.24) is 0 Å². The van der Waals surface area contributed by atoms with Gasteiger partial charge < -0.3 is 36.1 Å². The van der Waals surface area contributed by atoms with Gasteiger partial charge in [0.15, 0.2) is 11.5 Å². The Morgan fingerprint density at radius 3 is 1.72 bits per heavy atom. The summed E-state index contributed by atoms with van der Waals surface area (Å²) < 4.78 is 21.2. The normalized spacial score (nSPS) is 11.2. The summed E-state index contributed by atoms with van der Waals surface area (Å²) in [6, 6.07) is 8.88. The molecule has 2 aromatic carbocycles. The van der Waals surface area contributed by atoms with Gasteiger partial charge in [-0.15, -0.1) is 0 Å². The molecule has 0 spiro atoms. The van der Waals surface area contributed by atoms with Gasteiger partial charge in [-0.25, -0.2) is 0 Å². The van der Waals surface area contributed by atoms with Gasteiger partial charge in [0.1, 0.15) is 5.75 Å². The summed E-state index contributed by atoms with van der Waals surface area (Å²) in [4.78, 5) is 9.80. The van der Waals surface area contributed by atoms with Gasteiger partial charge in [0.05, 0.1) is 40.2 Å². The van der Waals surface area contributed by atoms with E-state index in [9.17, 15) is 4.79 Å². The van der Waals surface area contributed by atoms with Crippen LogP contribution in [0.3, 0.4) is 0 Å². The largest absolute Gasteiger partial charge is 0.495 e. The van der Waals surface area contributed by atoms with Gasteiger partial charge in [0.25, 0.3) is 0 Å². The third-order valence-electron chi connectivity index (χ3n) is 3.86. The SMILES string of the molecule is COc1ccc(C=Cc2cc(OC)c(OC)c(OC)c2)cc1N.C[C@@H](N)C(N)=O. The number of nitrogen functional groups attached to an aromatic ring is 1. The Labute approximate surface area is 171 Å². The van der Waals surface area contributed by atoms with E-state index in [4.69, 9.17) is 30.4 Å². The first kappa shape index (κ1) is 23.6. The number of primary amides is 1. The minimum absolute atomic E-state index is 0.463. The van der Waals surface area contributed by atoms with Gasteiger partial charge >= 0.3 is 0 Å². The molecule has 29 heavy (non-hydrogen) atoms. The lowest BCUT2D eigenvalue weighted by atomic mass is 10.1. The Kier molecular flexibility index (Phi) is 9.34. The molecule has 0 heterocycles. The Bertz CT molecular complexity index is 825. The van der Waals surface area contributed by atoms with Crippen molar-refractivity contribution in [2.24, 2.45) is 11.5 Å². The highest BCUT2D eigenvalue weighted by atomic mass is 16.5. The summed E-state index contributed by atoms with van der Waals surface area (Å²) in [5.41, 5.74) is 18.0. The second kappa shape index (κ2) is 11.5. The highest BCUT2D eigenvalue weighted by molar-refractivity contribution is 5.79. The van der Waals surface area contributed by atoms with E-state index in [1.54, 1.807) is 35.4 Å². The highest BCUT2D eigenvalue weighted by Gasteiger charge is 2.12. The lowest BCUT2D eigenvalue weighted by Gasteiger charge is -2.12. The van der Waals surface area contributed by atoms with Gasteiger partial charge in [0.2, 0.25) is 11.7 Å². The molecule has 0 aliphatic heterocycles. The van der Waals surface area contributed by atoms with E-state index < -0.39 is 11.9 Å². The molecule has 0 unspecified atom stereocenters. The van der Waals surface area contributed by atoms with Gasteiger partial charge in [-0.1, -0.05) is 18.2 Å². The molecular weight excluding hydrogens is 374 g/mol. The smallest absolute Gasteiger partial charge is 0.234 e. The first-order valence-electron chi connectivity index (χ1n) is 8.73. The number of methoxy groups -OCH3 is 4. The van der Waals surface area contributed by atoms with Crippen molar-refractivity contribution in [3.8, 4) is 23.0 Å². The summed E-state index contributed by atoms with van der Waals surface area (Å²) in [6.45, 7) is 1.54. The molecule has 2 aromatic rings. The first-order chi connectivity index (χ1) is 13.8. The van der Waals surface area contributed by atoms with Crippen molar-refractivity contribution in [1.29, 1.82) is 0 Å². The van der Waals surface area contributed by atoms with Crippen LogP contribution in [-0.2, 0) is 4.79 Å². The third kappa shape index (κ3) is 6.93. The van der Waals surface area contributed by atoms with Crippen molar-refractivity contribution in [2.45, 2.75) is 13.0 Å². The molecule has 8 nitrogen and oxygen atoms in total. The molecule has 0 saturated carbocycles. The lowest BCUT2D eigenvalue weighted by molar-refractivity contribution is -0.118. The summed E-state index contributed by atoms with van der Waals surface area (Å²) in [5.74, 6) is 1.99. The fraction of sp³-hybridized carbons (Fsp3) is 0.286. The van der Waals surface area contributed by atoms with Crippen LogP contribution >= 0.6 is 0 Å². The predicted molar refractivity (Wildman–Crippen MR) is 115 cm³/mol. The van der Waals surface area contributed by atoms with Crippen LogP contribution in [0.25, 0.3) is 12.2 Å². The van der Waals surface area contributed by atoms with Crippen LogP contribution in [0.15, 0.2) is 30.3 Å². The Morgan fingerprint density at radius 1 is 0.862 bits per heavy atom. The van der Waals surface area contributed by atoms with E-state index in [1.165, 1.54) is 0 Å². The molecular formula is C21H29N3O5. The van der Waals surface area contributed by atoms with Crippen LogP contribution in [0.1, 0.15) is 18.1 Å². The number of rotatable bonds is 7. The molecule has 8 heteroatoms. The molecule has 0 bridgehead atoms.